The Morgan fingerprint density at radius 3 is 0.981 bits per heavy atom. The molecule has 0 aromatic heterocycles. The molecule has 0 aromatic rings. The summed E-state index contributed by atoms with van der Waals surface area (Å²) in [5.41, 5.74) is 0. The first kappa shape index (κ1) is 50.9. The summed E-state index contributed by atoms with van der Waals surface area (Å²) < 4.78 is 17.2. The van der Waals surface area contributed by atoms with Crippen LogP contribution in [0.25, 0.3) is 0 Å². The van der Waals surface area contributed by atoms with E-state index in [9.17, 15) is 9.59 Å². The molecule has 52 heavy (non-hydrogen) atoms. The number of carbonyl (C=O) groups is 2. The predicted octanol–water partition coefficient (Wildman–Crippen LogP) is 15.3. The smallest absolute Gasteiger partial charge is 0.306 e. The maximum atomic E-state index is 12.5. The number of rotatable bonds is 44. The molecule has 0 heterocycles. The van der Waals surface area contributed by atoms with Crippen molar-refractivity contribution in [2.45, 2.75) is 271 Å². The molecule has 0 saturated heterocycles. The Hall–Kier alpha value is -1.10. The van der Waals surface area contributed by atoms with Crippen LogP contribution in [0.2, 0.25) is 0 Å². The van der Waals surface area contributed by atoms with Crippen molar-refractivity contribution in [3.05, 3.63) is 0 Å². The van der Waals surface area contributed by atoms with Crippen LogP contribution in [0.15, 0.2) is 0 Å². The van der Waals surface area contributed by atoms with Gasteiger partial charge in [-0.05, 0) is 19.3 Å². The maximum absolute atomic E-state index is 12.5. The topological polar surface area (TPSA) is 61.8 Å². The Balaban J connectivity index is 3.96. The Kier molecular flexibility index (Phi) is 43.4. The van der Waals surface area contributed by atoms with Crippen molar-refractivity contribution in [3.63, 3.8) is 0 Å². The molecule has 0 radical (unpaired) electrons. The summed E-state index contributed by atoms with van der Waals surface area (Å²) in [5.74, 6) is -0.391. The third kappa shape index (κ3) is 41.7. The second-order valence-electron chi connectivity index (χ2n) is 16.0. The van der Waals surface area contributed by atoms with E-state index >= 15 is 0 Å². The Labute approximate surface area is 325 Å². The normalized spacial score (nSPS) is 12.0. The van der Waals surface area contributed by atoms with Crippen LogP contribution in [-0.2, 0) is 23.8 Å². The summed E-state index contributed by atoms with van der Waals surface area (Å²) in [6.07, 6.45) is 47.0. The standard InChI is InChI=1S/C47H92O5/c1-4-7-10-13-15-17-19-21-22-23-24-25-27-29-31-33-36-39-42-50-43-45(52-47(49)41-38-34-12-9-6-3)44-51-46(48)40-37-35-32-30-28-26-20-18-16-14-11-8-5-2/h45H,4-44H2,1-3H3. The Morgan fingerprint density at radius 1 is 0.346 bits per heavy atom. The summed E-state index contributed by atoms with van der Waals surface area (Å²) in [6, 6.07) is 0. The first-order valence-electron chi connectivity index (χ1n) is 23.6. The SMILES string of the molecule is CCCCCCCCCCCCCCCCCCCCOCC(COC(=O)CCCCCCCCCCCCCCC)OC(=O)CCCCCCC. The van der Waals surface area contributed by atoms with Gasteiger partial charge in [-0.3, -0.25) is 9.59 Å². The molecule has 0 aliphatic rings. The molecular weight excluding hydrogens is 645 g/mol. The lowest BCUT2D eigenvalue weighted by atomic mass is 10.0. The molecule has 0 aliphatic heterocycles. The Morgan fingerprint density at radius 2 is 0.635 bits per heavy atom. The quantitative estimate of drug-likeness (QED) is 0.0460. The van der Waals surface area contributed by atoms with Gasteiger partial charge in [-0.1, -0.05) is 233 Å². The van der Waals surface area contributed by atoms with Gasteiger partial charge in [-0.25, -0.2) is 0 Å². The highest BCUT2D eigenvalue weighted by Crippen LogP contribution is 2.16. The fourth-order valence-corrected chi connectivity index (χ4v) is 7.10. The monoisotopic (exact) mass is 737 g/mol. The number of ether oxygens (including phenoxy) is 3. The summed E-state index contributed by atoms with van der Waals surface area (Å²) >= 11 is 0. The molecular formula is C47H92O5. The van der Waals surface area contributed by atoms with E-state index in [1.807, 2.05) is 0 Å². The van der Waals surface area contributed by atoms with Crippen molar-refractivity contribution in [2.75, 3.05) is 19.8 Å². The largest absolute Gasteiger partial charge is 0.462 e. The predicted molar refractivity (Wildman–Crippen MR) is 224 cm³/mol. The van der Waals surface area contributed by atoms with Crippen LogP contribution in [0.5, 0.6) is 0 Å². The maximum Gasteiger partial charge on any atom is 0.306 e. The average Bonchev–Trinajstić information content (AvgIpc) is 3.14. The second kappa shape index (κ2) is 44.3. The second-order valence-corrected chi connectivity index (χ2v) is 16.0. The van der Waals surface area contributed by atoms with Gasteiger partial charge in [0.25, 0.3) is 0 Å². The molecule has 0 aliphatic carbocycles. The molecule has 0 spiro atoms. The minimum absolute atomic E-state index is 0.0952. The van der Waals surface area contributed by atoms with Crippen molar-refractivity contribution in [1.29, 1.82) is 0 Å². The highest BCUT2D eigenvalue weighted by atomic mass is 16.6. The summed E-state index contributed by atoms with van der Waals surface area (Å²) in [6.45, 7) is 7.81. The van der Waals surface area contributed by atoms with Crippen LogP contribution in [-0.4, -0.2) is 37.9 Å². The lowest BCUT2D eigenvalue weighted by molar-refractivity contribution is -0.163. The van der Waals surface area contributed by atoms with E-state index in [4.69, 9.17) is 14.2 Å². The van der Waals surface area contributed by atoms with Crippen molar-refractivity contribution < 1.29 is 23.8 Å². The third-order valence-corrected chi connectivity index (χ3v) is 10.6. The highest BCUT2D eigenvalue weighted by Gasteiger charge is 2.17. The molecule has 0 fully saturated rings. The van der Waals surface area contributed by atoms with Gasteiger partial charge >= 0.3 is 11.9 Å². The Bertz CT molecular complexity index is 710. The molecule has 0 saturated carbocycles. The van der Waals surface area contributed by atoms with E-state index in [-0.39, 0.29) is 18.5 Å². The zero-order valence-corrected chi connectivity index (χ0v) is 35.6. The first-order chi connectivity index (χ1) is 25.6. The van der Waals surface area contributed by atoms with Gasteiger partial charge in [0.05, 0.1) is 6.61 Å². The third-order valence-electron chi connectivity index (χ3n) is 10.6. The molecule has 0 amide bonds. The molecule has 1 unspecified atom stereocenters. The van der Waals surface area contributed by atoms with Gasteiger partial charge in [0, 0.05) is 19.4 Å². The first-order valence-corrected chi connectivity index (χ1v) is 23.6. The van der Waals surface area contributed by atoms with Crippen LogP contribution in [0.3, 0.4) is 0 Å². The fraction of sp³-hybridized carbons (Fsp3) is 0.957. The molecule has 0 N–H and O–H groups in total. The molecule has 1 atom stereocenters. The summed E-state index contributed by atoms with van der Waals surface area (Å²) in [5, 5.41) is 0. The zero-order chi connectivity index (χ0) is 37.8. The van der Waals surface area contributed by atoms with Gasteiger partial charge in [0.15, 0.2) is 6.10 Å². The molecule has 0 bridgehead atoms. The fourth-order valence-electron chi connectivity index (χ4n) is 7.10. The molecule has 5 nitrogen and oxygen atoms in total. The molecule has 0 rings (SSSR count). The number of esters is 2. The van der Waals surface area contributed by atoms with E-state index in [0.29, 0.717) is 26.1 Å². The average molecular weight is 737 g/mol. The van der Waals surface area contributed by atoms with Crippen molar-refractivity contribution in [2.24, 2.45) is 0 Å². The number of hydrogen-bond acceptors (Lipinski definition) is 5. The van der Waals surface area contributed by atoms with Gasteiger partial charge in [0.2, 0.25) is 0 Å². The number of unbranched alkanes of at least 4 members (excludes halogenated alkanes) is 33. The zero-order valence-electron chi connectivity index (χ0n) is 35.6. The van der Waals surface area contributed by atoms with E-state index in [1.54, 1.807) is 0 Å². The lowest BCUT2D eigenvalue weighted by Gasteiger charge is -2.18. The highest BCUT2D eigenvalue weighted by molar-refractivity contribution is 5.70. The molecule has 0 aromatic carbocycles. The van der Waals surface area contributed by atoms with Gasteiger partial charge in [-0.15, -0.1) is 0 Å². The lowest BCUT2D eigenvalue weighted by Crippen LogP contribution is -2.30. The van der Waals surface area contributed by atoms with Gasteiger partial charge in [0.1, 0.15) is 6.61 Å². The minimum Gasteiger partial charge on any atom is -0.462 e. The van der Waals surface area contributed by atoms with Gasteiger partial charge in [-0.2, -0.15) is 0 Å². The van der Waals surface area contributed by atoms with E-state index in [1.165, 1.54) is 193 Å². The van der Waals surface area contributed by atoms with Crippen LogP contribution in [0.1, 0.15) is 265 Å². The number of hydrogen-bond donors (Lipinski definition) is 0. The van der Waals surface area contributed by atoms with Crippen LogP contribution in [0.4, 0.5) is 0 Å². The van der Waals surface area contributed by atoms with E-state index in [0.717, 1.165) is 38.5 Å². The van der Waals surface area contributed by atoms with Crippen LogP contribution >= 0.6 is 0 Å². The van der Waals surface area contributed by atoms with Crippen LogP contribution in [0, 0.1) is 0 Å². The van der Waals surface area contributed by atoms with Crippen molar-refractivity contribution in [3.8, 4) is 0 Å². The summed E-state index contributed by atoms with van der Waals surface area (Å²) in [7, 11) is 0. The summed E-state index contributed by atoms with van der Waals surface area (Å²) in [4.78, 5) is 25.0. The number of carbonyl (C=O) groups excluding carboxylic acids is 2. The van der Waals surface area contributed by atoms with Crippen molar-refractivity contribution >= 4 is 11.9 Å². The van der Waals surface area contributed by atoms with E-state index in [2.05, 4.69) is 20.8 Å². The molecule has 310 valence electrons. The van der Waals surface area contributed by atoms with E-state index < -0.39 is 6.10 Å². The minimum atomic E-state index is -0.519. The van der Waals surface area contributed by atoms with Gasteiger partial charge < -0.3 is 14.2 Å². The molecule has 5 heteroatoms. The van der Waals surface area contributed by atoms with Crippen molar-refractivity contribution in [1.82, 2.24) is 0 Å². The van der Waals surface area contributed by atoms with Crippen LogP contribution < -0.4 is 0 Å².